The van der Waals surface area contributed by atoms with Crippen LogP contribution in [0.3, 0.4) is 0 Å². The second kappa shape index (κ2) is 3.67. The number of carbonyl (C=O) groups is 1. The molecule has 0 aromatic rings. The van der Waals surface area contributed by atoms with E-state index in [1.165, 1.54) is 0 Å². The summed E-state index contributed by atoms with van der Waals surface area (Å²) in [4.78, 5) is 13.4. The van der Waals surface area contributed by atoms with E-state index in [0.29, 0.717) is 12.2 Å². The van der Waals surface area contributed by atoms with Crippen LogP contribution < -0.4 is 0 Å². The number of carbonyl (C=O) groups excluding carboxylic acids is 1. The van der Waals surface area contributed by atoms with Gasteiger partial charge < -0.3 is 4.90 Å². The van der Waals surface area contributed by atoms with Gasteiger partial charge in [-0.05, 0) is 13.5 Å². The number of likely N-dealkylation sites (N-methyl/N-ethyl adjacent to an activating group) is 1. The van der Waals surface area contributed by atoms with Crippen molar-refractivity contribution in [3.8, 4) is 0 Å². The fraction of sp³-hybridized carbons (Fsp3) is 0.667. The molecule has 11 heavy (non-hydrogen) atoms. The molecule has 0 saturated heterocycles. The van der Waals surface area contributed by atoms with Gasteiger partial charge in [0.05, 0.1) is 0 Å². The summed E-state index contributed by atoms with van der Waals surface area (Å²) < 4.78 is 0. The third-order valence-corrected chi connectivity index (χ3v) is 2.02. The first kappa shape index (κ1) is 8.47. The van der Waals surface area contributed by atoms with Crippen LogP contribution in [0.2, 0.25) is 0 Å². The molecule has 0 N–H and O–H groups in total. The second-order valence-electron chi connectivity index (χ2n) is 3.03. The largest absolute Gasteiger partial charge is 0.302 e. The lowest BCUT2D eigenvalue weighted by molar-refractivity contribution is -0.115. The molecule has 1 heterocycles. The van der Waals surface area contributed by atoms with Gasteiger partial charge in [0.1, 0.15) is 0 Å². The van der Waals surface area contributed by atoms with Gasteiger partial charge >= 0.3 is 0 Å². The standard InChI is InChI=1S/C9H15NO/c1-3-9(11)8-5-4-6-10(2)7-8/h5H,3-4,6-7H2,1-2H3. The summed E-state index contributed by atoms with van der Waals surface area (Å²) in [6.45, 7) is 3.84. The highest BCUT2D eigenvalue weighted by atomic mass is 16.1. The van der Waals surface area contributed by atoms with Crippen LogP contribution in [-0.2, 0) is 4.79 Å². The van der Waals surface area contributed by atoms with Crippen molar-refractivity contribution in [2.45, 2.75) is 19.8 Å². The Hall–Kier alpha value is -0.630. The monoisotopic (exact) mass is 153 g/mol. The summed E-state index contributed by atoms with van der Waals surface area (Å²) in [5.41, 5.74) is 1.00. The van der Waals surface area contributed by atoms with E-state index in [2.05, 4.69) is 18.0 Å². The third-order valence-electron chi connectivity index (χ3n) is 2.02. The van der Waals surface area contributed by atoms with Crippen LogP contribution in [-0.4, -0.2) is 30.8 Å². The molecule has 0 amide bonds. The van der Waals surface area contributed by atoms with Crippen LogP contribution in [0.15, 0.2) is 11.6 Å². The molecule has 2 heteroatoms. The van der Waals surface area contributed by atoms with Crippen LogP contribution >= 0.6 is 0 Å². The van der Waals surface area contributed by atoms with Gasteiger partial charge in [-0.3, -0.25) is 4.79 Å². The Morgan fingerprint density at radius 2 is 2.45 bits per heavy atom. The van der Waals surface area contributed by atoms with Crippen molar-refractivity contribution in [2.75, 3.05) is 20.1 Å². The van der Waals surface area contributed by atoms with Crippen molar-refractivity contribution in [3.63, 3.8) is 0 Å². The molecule has 0 aliphatic carbocycles. The quantitative estimate of drug-likeness (QED) is 0.594. The lowest BCUT2D eigenvalue weighted by atomic mass is 10.0. The van der Waals surface area contributed by atoms with Gasteiger partial charge in [0.25, 0.3) is 0 Å². The van der Waals surface area contributed by atoms with E-state index < -0.39 is 0 Å². The molecule has 0 bridgehead atoms. The van der Waals surface area contributed by atoms with Crippen molar-refractivity contribution < 1.29 is 4.79 Å². The summed E-state index contributed by atoms with van der Waals surface area (Å²) in [7, 11) is 2.05. The van der Waals surface area contributed by atoms with E-state index in [9.17, 15) is 4.79 Å². The maximum absolute atomic E-state index is 11.2. The van der Waals surface area contributed by atoms with Gasteiger partial charge in [-0.15, -0.1) is 0 Å². The minimum atomic E-state index is 0.302. The Labute approximate surface area is 67.9 Å². The molecule has 1 aliphatic rings. The van der Waals surface area contributed by atoms with Crippen LogP contribution in [0, 0.1) is 0 Å². The SMILES string of the molecule is CCC(=O)C1=CCCN(C)C1. The van der Waals surface area contributed by atoms with Gasteiger partial charge in [0.2, 0.25) is 0 Å². The number of hydrogen-bond donors (Lipinski definition) is 0. The highest BCUT2D eigenvalue weighted by molar-refractivity contribution is 5.95. The Morgan fingerprint density at radius 3 is 3.00 bits per heavy atom. The van der Waals surface area contributed by atoms with E-state index in [1.54, 1.807) is 0 Å². The normalized spacial score (nSPS) is 19.6. The van der Waals surface area contributed by atoms with Gasteiger partial charge in [-0.2, -0.15) is 0 Å². The maximum atomic E-state index is 11.2. The molecule has 0 radical (unpaired) electrons. The van der Waals surface area contributed by atoms with Crippen molar-refractivity contribution >= 4 is 5.78 Å². The molecule has 0 saturated carbocycles. The summed E-state index contributed by atoms with van der Waals surface area (Å²) in [5, 5.41) is 0. The molecular weight excluding hydrogens is 138 g/mol. The fourth-order valence-corrected chi connectivity index (χ4v) is 1.32. The van der Waals surface area contributed by atoms with Crippen molar-refractivity contribution in [1.82, 2.24) is 4.90 Å². The van der Waals surface area contributed by atoms with E-state index in [0.717, 1.165) is 25.1 Å². The molecular formula is C9H15NO. The number of Topliss-reactive ketones (excluding diaryl/α,β-unsaturated/α-hetero) is 1. The van der Waals surface area contributed by atoms with Crippen molar-refractivity contribution in [3.05, 3.63) is 11.6 Å². The average molecular weight is 153 g/mol. The highest BCUT2D eigenvalue weighted by Crippen LogP contribution is 2.09. The summed E-state index contributed by atoms with van der Waals surface area (Å²) in [6, 6.07) is 0. The summed E-state index contributed by atoms with van der Waals surface area (Å²) >= 11 is 0. The van der Waals surface area contributed by atoms with E-state index in [4.69, 9.17) is 0 Å². The Morgan fingerprint density at radius 1 is 1.73 bits per heavy atom. The Kier molecular flexibility index (Phi) is 2.83. The predicted molar refractivity (Wildman–Crippen MR) is 45.5 cm³/mol. The lowest BCUT2D eigenvalue weighted by Gasteiger charge is -2.21. The molecule has 0 spiro atoms. The minimum absolute atomic E-state index is 0.302. The first-order valence-electron chi connectivity index (χ1n) is 4.14. The average Bonchev–Trinajstić information content (AvgIpc) is 2.03. The summed E-state index contributed by atoms with van der Waals surface area (Å²) in [5.74, 6) is 0.302. The molecule has 0 atom stereocenters. The van der Waals surface area contributed by atoms with E-state index in [1.807, 2.05) is 6.92 Å². The highest BCUT2D eigenvalue weighted by Gasteiger charge is 2.12. The van der Waals surface area contributed by atoms with Crippen LogP contribution in [0.4, 0.5) is 0 Å². The Bertz CT molecular complexity index is 184. The number of rotatable bonds is 2. The van der Waals surface area contributed by atoms with E-state index >= 15 is 0 Å². The minimum Gasteiger partial charge on any atom is -0.302 e. The number of nitrogens with zero attached hydrogens (tertiary/aromatic N) is 1. The summed E-state index contributed by atoms with van der Waals surface area (Å²) in [6.07, 6.45) is 3.74. The molecule has 0 unspecified atom stereocenters. The first-order valence-corrected chi connectivity index (χ1v) is 4.14. The maximum Gasteiger partial charge on any atom is 0.159 e. The lowest BCUT2D eigenvalue weighted by Crippen LogP contribution is -2.28. The number of hydrogen-bond acceptors (Lipinski definition) is 2. The van der Waals surface area contributed by atoms with Gasteiger partial charge in [0, 0.05) is 25.1 Å². The van der Waals surface area contributed by atoms with Crippen LogP contribution in [0.5, 0.6) is 0 Å². The second-order valence-corrected chi connectivity index (χ2v) is 3.03. The molecule has 2 nitrogen and oxygen atoms in total. The zero-order valence-corrected chi connectivity index (χ0v) is 7.26. The smallest absolute Gasteiger partial charge is 0.159 e. The zero-order valence-electron chi connectivity index (χ0n) is 7.26. The first-order chi connectivity index (χ1) is 5.24. The predicted octanol–water partition coefficient (Wildman–Crippen LogP) is 1.23. The van der Waals surface area contributed by atoms with Gasteiger partial charge in [0.15, 0.2) is 5.78 Å². The molecule has 0 aromatic carbocycles. The third kappa shape index (κ3) is 2.15. The molecule has 1 aliphatic heterocycles. The van der Waals surface area contributed by atoms with Crippen molar-refractivity contribution in [2.24, 2.45) is 0 Å². The Balaban J connectivity index is 2.57. The van der Waals surface area contributed by atoms with Gasteiger partial charge in [-0.25, -0.2) is 0 Å². The molecule has 0 fully saturated rings. The van der Waals surface area contributed by atoms with E-state index in [-0.39, 0.29) is 0 Å². The molecule has 1 rings (SSSR count). The molecule has 62 valence electrons. The topological polar surface area (TPSA) is 20.3 Å². The zero-order chi connectivity index (χ0) is 8.27. The van der Waals surface area contributed by atoms with Crippen molar-refractivity contribution in [1.29, 1.82) is 0 Å². The number of ketones is 1. The fourth-order valence-electron chi connectivity index (χ4n) is 1.32. The van der Waals surface area contributed by atoms with Gasteiger partial charge in [-0.1, -0.05) is 13.0 Å². The van der Waals surface area contributed by atoms with Crippen LogP contribution in [0.25, 0.3) is 0 Å². The van der Waals surface area contributed by atoms with Crippen LogP contribution in [0.1, 0.15) is 19.8 Å². The molecule has 0 aromatic heterocycles.